The number of likely N-dealkylation sites (tertiary alicyclic amines) is 1. The van der Waals surface area contributed by atoms with Gasteiger partial charge < -0.3 is 19.2 Å². The van der Waals surface area contributed by atoms with Crippen LogP contribution in [0, 0.1) is 0 Å². The Hall–Kier alpha value is -1.75. The molecule has 0 aromatic carbocycles. The number of piperidine rings is 1. The monoisotopic (exact) mass is 265 g/mol. The van der Waals surface area contributed by atoms with Gasteiger partial charge in [0.15, 0.2) is 0 Å². The van der Waals surface area contributed by atoms with E-state index in [-0.39, 0.29) is 12.0 Å². The molecule has 104 valence electrons. The summed E-state index contributed by atoms with van der Waals surface area (Å²) in [5.74, 6) is 0.175. The summed E-state index contributed by atoms with van der Waals surface area (Å²) in [4.78, 5) is 12.5. The Labute approximate surface area is 112 Å². The smallest absolute Gasteiger partial charge is 0.407 e. The Bertz CT molecular complexity index is 440. The lowest BCUT2D eigenvalue weighted by Gasteiger charge is -2.36. The number of carbonyl (C=O) groups is 1. The first-order chi connectivity index (χ1) is 9.08. The van der Waals surface area contributed by atoms with Gasteiger partial charge in [0.1, 0.15) is 0 Å². The highest BCUT2D eigenvalue weighted by atomic mass is 16.5. The molecule has 0 radical (unpaired) electrons. The van der Waals surface area contributed by atoms with Crippen LogP contribution in [0.25, 0.3) is 0 Å². The summed E-state index contributed by atoms with van der Waals surface area (Å²) in [6, 6.07) is 1.91. The summed E-state index contributed by atoms with van der Waals surface area (Å²) < 4.78 is 10.9. The summed E-state index contributed by atoms with van der Waals surface area (Å²) in [5, 5.41) is 9.08. The van der Waals surface area contributed by atoms with Crippen LogP contribution in [0.15, 0.2) is 35.2 Å². The van der Waals surface area contributed by atoms with Gasteiger partial charge in [0.2, 0.25) is 0 Å². The van der Waals surface area contributed by atoms with E-state index in [0.717, 1.165) is 17.6 Å². The van der Waals surface area contributed by atoms with Crippen molar-refractivity contribution in [1.82, 2.24) is 4.90 Å². The van der Waals surface area contributed by atoms with Crippen molar-refractivity contribution in [3.05, 3.63) is 36.3 Å². The van der Waals surface area contributed by atoms with E-state index in [1.54, 1.807) is 12.5 Å². The highest BCUT2D eigenvalue weighted by Gasteiger charge is 2.33. The molecule has 2 unspecified atom stereocenters. The molecule has 0 saturated carbocycles. The second-order valence-electron chi connectivity index (χ2n) is 4.99. The molecule has 1 aliphatic rings. The van der Waals surface area contributed by atoms with Gasteiger partial charge in [0, 0.05) is 12.5 Å². The maximum atomic E-state index is 11.1. The van der Waals surface area contributed by atoms with Crippen molar-refractivity contribution in [2.24, 2.45) is 0 Å². The molecule has 0 aliphatic carbocycles. The zero-order valence-corrected chi connectivity index (χ0v) is 11.0. The van der Waals surface area contributed by atoms with E-state index in [2.05, 4.69) is 6.58 Å². The van der Waals surface area contributed by atoms with Crippen molar-refractivity contribution in [3.8, 4) is 0 Å². The Kier molecular flexibility index (Phi) is 4.27. The molecule has 1 amide bonds. The van der Waals surface area contributed by atoms with Gasteiger partial charge in [-0.2, -0.15) is 0 Å². The fourth-order valence-electron chi connectivity index (χ4n) is 2.38. The number of furan rings is 1. The highest BCUT2D eigenvalue weighted by Crippen LogP contribution is 2.31. The second-order valence-corrected chi connectivity index (χ2v) is 4.99. The SMILES string of the molecule is C=C(C)COC1CN(C(=O)O)CCC1c1ccoc1. The summed E-state index contributed by atoms with van der Waals surface area (Å²) in [5.41, 5.74) is 2.00. The minimum absolute atomic E-state index is 0.154. The van der Waals surface area contributed by atoms with Crippen LogP contribution in [0.3, 0.4) is 0 Å². The van der Waals surface area contributed by atoms with E-state index in [1.165, 1.54) is 4.90 Å². The van der Waals surface area contributed by atoms with Gasteiger partial charge in [-0.1, -0.05) is 12.2 Å². The van der Waals surface area contributed by atoms with Crippen molar-refractivity contribution >= 4 is 6.09 Å². The fraction of sp³-hybridized carbons (Fsp3) is 0.500. The number of hydrogen-bond acceptors (Lipinski definition) is 3. The number of rotatable bonds is 4. The van der Waals surface area contributed by atoms with Gasteiger partial charge >= 0.3 is 6.09 Å². The van der Waals surface area contributed by atoms with Gasteiger partial charge in [-0.3, -0.25) is 0 Å². The predicted octanol–water partition coefficient (Wildman–Crippen LogP) is 2.71. The molecule has 1 fully saturated rings. The van der Waals surface area contributed by atoms with Crippen molar-refractivity contribution in [3.63, 3.8) is 0 Å². The first-order valence-corrected chi connectivity index (χ1v) is 6.34. The van der Waals surface area contributed by atoms with Crippen LogP contribution in [-0.2, 0) is 4.74 Å². The summed E-state index contributed by atoms with van der Waals surface area (Å²) in [7, 11) is 0. The molecule has 1 aromatic rings. The minimum Gasteiger partial charge on any atom is -0.472 e. The number of amides is 1. The average Bonchev–Trinajstić information content (AvgIpc) is 2.89. The topological polar surface area (TPSA) is 62.9 Å². The third-order valence-corrected chi connectivity index (χ3v) is 3.34. The third kappa shape index (κ3) is 3.38. The van der Waals surface area contributed by atoms with E-state index in [0.29, 0.717) is 19.7 Å². The lowest BCUT2D eigenvalue weighted by atomic mass is 9.88. The van der Waals surface area contributed by atoms with E-state index in [1.807, 2.05) is 13.0 Å². The summed E-state index contributed by atoms with van der Waals surface area (Å²) >= 11 is 0. The van der Waals surface area contributed by atoms with Crippen molar-refractivity contribution in [2.75, 3.05) is 19.7 Å². The standard InChI is InChI=1S/C14H19NO4/c1-10(2)8-19-13-7-15(14(16)17)5-3-12(13)11-4-6-18-9-11/h4,6,9,12-13H,1,3,5,7-8H2,2H3,(H,16,17). The summed E-state index contributed by atoms with van der Waals surface area (Å²) in [6.45, 7) is 7.07. The van der Waals surface area contributed by atoms with Crippen LogP contribution >= 0.6 is 0 Å². The summed E-state index contributed by atoms with van der Waals surface area (Å²) in [6.07, 6.45) is 3.04. The predicted molar refractivity (Wildman–Crippen MR) is 70.2 cm³/mol. The Morgan fingerprint density at radius 1 is 1.68 bits per heavy atom. The first kappa shape index (κ1) is 13.7. The number of hydrogen-bond donors (Lipinski definition) is 1. The van der Waals surface area contributed by atoms with Gasteiger partial charge in [0.25, 0.3) is 0 Å². The maximum absolute atomic E-state index is 11.1. The number of carboxylic acid groups (broad SMARTS) is 1. The zero-order valence-electron chi connectivity index (χ0n) is 11.0. The lowest BCUT2D eigenvalue weighted by molar-refractivity contribution is -0.00102. The van der Waals surface area contributed by atoms with Crippen LogP contribution in [-0.4, -0.2) is 41.9 Å². The molecule has 19 heavy (non-hydrogen) atoms. The van der Waals surface area contributed by atoms with Gasteiger partial charge in [-0.15, -0.1) is 0 Å². The number of nitrogens with zero attached hydrogens (tertiary/aromatic N) is 1. The molecule has 2 heterocycles. The Balaban J connectivity index is 2.08. The Morgan fingerprint density at radius 2 is 2.47 bits per heavy atom. The minimum atomic E-state index is -0.894. The quantitative estimate of drug-likeness (QED) is 0.850. The van der Waals surface area contributed by atoms with E-state index in [4.69, 9.17) is 14.3 Å². The average molecular weight is 265 g/mol. The van der Waals surface area contributed by atoms with Crippen LogP contribution in [0.5, 0.6) is 0 Å². The van der Waals surface area contributed by atoms with E-state index < -0.39 is 6.09 Å². The lowest BCUT2D eigenvalue weighted by Crippen LogP contribution is -2.46. The van der Waals surface area contributed by atoms with Crippen molar-refractivity contribution in [2.45, 2.75) is 25.4 Å². The molecule has 2 atom stereocenters. The fourth-order valence-corrected chi connectivity index (χ4v) is 2.38. The zero-order chi connectivity index (χ0) is 13.8. The normalized spacial score (nSPS) is 23.3. The maximum Gasteiger partial charge on any atom is 0.407 e. The molecule has 2 rings (SSSR count). The molecule has 1 N–H and O–H groups in total. The van der Waals surface area contributed by atoms with Crippen LogP contribution < -0.4 is 0 Å². The molecule has 1 saturated heterocycles. The Morgan fingerprint density at radius 3 is 3.05 bits per heavy atom. The molecule has 0 bridgehead atoms. The molecule has 0 spiro atoms. The van der Waals surface area contributed by atoms with E-state index in [9.17, 15) is 4.79 Å². The second kappa shape index (κ2) is 5.93. The van der Waals surface area contributed by atoms with Crippen LogP contribution in [0.4, 0.5) is 4.79 Å². The van der Waals surface area contributed by atoms with Crippen molar-refractivity contribution in [1.29, 1.82) is 0 Å². The molecular weight excluding hydrogens is 246 g/mol. The van der Waals surface area contributed by atoms with Gasteiger partial charge in [0.05, 0.1) is 31.8 Å². The van der Waals surface area contributed by atoms with Crippen LogP contribution in [0.2, 0.25) is 0 Å². The number of ether oxygens (including phenoxy) is 1. The highest BCUT2D eigenvalue weighted by molar-refractivity contribution is 5.65. The third-order valence-electron chi connectivity index (χ3n) is 3.34. The largest absolute Gasteiger partial charge is 0.472 e. The van der Waals surface area contributed by atoms with Crippen LogP contribution in [0.1, 0.15) is 24.8 Å². The first-order valence-electron chi connectivity index (χ1n) is 6.34. The molecular formula is C14H19NO4. The molecule has 1 aromatic heterocycles. The molecule has 5 nitrogen and oxygen atoms in total. The molecule has 5 heteroatoms. The van der Waals surface area contributed by atoms with Gasteiger partial charge in [-0.05, 0) is 25.0 Å². The van der Waals surface area contributed by atoms with E-state index >= 15 is 0 Å². The van der Waals surface area contributed by atoms with Gasteiger partial charge in [-0.25, -0.2) is 4.79 Å². The van der Waals surface area contributed by atoms with Crippen molar-refractivity contribution < 1.29 is 19.1 Å². The molecule has 1 aliphatic heterocycles.